The van der Waals surface area contributed by atoms with Crippen LogP contribution in [-0.4, -0.2) is 5.75 Å². The molecule has 0 N–H and O–H groups in total. The van der Waals surface area contributed by atoms with E-state index in [1.807, 2.05) is 19.1 Å². The van der Waals surface area contributed by atoms with Crippen molar-refractivity contribution >= 4 is 27.7 Å². The summed E-state index contributed by atoms with van der Waals surface area (Å²) >= 11 is 4.66. The van der Waals surface area contributed by atoms with Crippen LogP contribution in [0.4, 0.5) is 4.39 Å². The summed E-state index contributed by atoms with van der Waals surface area (Å²) in [7, 11) is 0. The molecule has 0 unspecified atom stereocenters. The van der Waals surface area contributed by atoms with E-state index in [1.165, 1.54) is 6.07 Å². The van der Waals surface area contributed by atoms with E-state index in [0.717, 1.165) is 10.6 Å². The van der Waals surface area contributed by atoms with E-state index in [9.17, 15) is 9.65 Å². The summed E-state index contributed by atoms with van der Waals surface area (Å²) in [5.74, 6) is 1.26. The largest absolute Gasteiger partial charge is 0.456 e. The first-order chi connectivity index (χ1) is 9.65. The van der Waals surface area contributed by atoms with Crippen LogP contribution in [0.25, 0.3) is 0 Å². The molecule has 0 spiro atoms. The third-order valence-corrected chi connectivity index (χ3v) is 4.10. The minimum atomic E-state index is -0.403. The molecule has 0 amide bonds. The quantitative estimate of drug-likeness (QED) is 0.694. The molecule has 20 heavy (non-hydrogen) atoms. The van der Waals surface area contributed by atoms with Crippen molar-refractivity contribution in [3.63, 3.8) is 0 Å². The molecular weight excluding hydrogens is 341 g/mol. The van der Waals surface area contributed by atoms with Crippen LogP contribution in [0.2, 0.25) is 0 Å². The first-order valence-corrected chi connectivity index (χ1v) is 7.72. The van der Waals surface area contributed by atoms with E-state index in [1.54, 1.807) is 30.0 Å². The van der Waals surface area contributed by atoms with Crippen molar-refractivity contribution in [2.45, 2.75) is 11.8 Å². The van der Waals surface area contributed by atoms with Gasteiger partial charge in [0.1, 0.15) is 28.9 Å². The van der Waals surface area contributed by atoms with Gasteiger partial charge in [-0.25, -0.2) is 4.39 Å². The van der Waals surface area contributed by atoms with Gasteiger partial charge in [0, 0.05) is 11.0 Å². The van der Waals surface area contributed by atoms with Crippen LogP contribution in [0.5, 0.6) is 11.5 Å². The zero-order chi connectivity index (χ0) is 14.5. The van der Waals surface area contributed by atoms with Gasteiger partial charge in [-0.15, -0.1) is 11.8 Å². The summed E-state index contributed by atoms with van der Waals surface area (Å²) in [5, 5.41) is 9.28. The number of ether oxygens (including phenoxy) is 1. The highest BCUT2D eigenvalue weighted by Crippen LogP contribution is 2.33. The Bertz CT molecular complexity index is 669. The number of benzene rings is 2. The molecule has 0 bridgehead atoms. The van der Waals surface area contributed by atoms with Gasteiger partial charge in [-0.05, 0) is 45.9 Å². The summed E-state index contributed by atoms with van der Waals surface area (Å²) in [4.78, 5) is 0.866. The van der Waals surface area contributed by atoms with E-state index >= 15 is 0 Å². The van der Waals surface area contributed by atoms with Crippen LogP contribution in [0.3, 0.4) is 0 Å². The Morgan fingerprint density at radius 1 is 1.35 bits per heavy atom. The lowest BCUT2D eigenvalue weighted by Gasteiger charge is -2.10. The molecule has 2 nitrogen and oxygen atoms in total. The van der Waals surface area contributed by atoms with Gasteiger partial charge in [-0.2, -0.15) is 5.26 Å². The van der Waals surface area contributed by atoms with Crippen molar-refractivity contribution in [1.82, 2.24) is 0 Å². The van der Waals surface area contributed by atoms with E-state index in [4.69, 9.17) is 4.74 Å². The first kappa shape index (κ1) is 14.9. The summed E-state index contributed by atoms with van der Waals surface area (Å²) in [6.07, 6.45) is 0. The third kappa shape index (κ3) is 3.33. The van der Waals surface area contributed by atoms with Gasteiger partial charge in [-0.1, -0.05) is 13.0 Å². The molecule has 0 aromatic heterocycles. The van der Waals surface area contributed by atoms with Gasteiger partial charge in [0.2, 0.25) is 0 Å². The molecule has 2 aromatic carbocycles. The molecule has 0 atom stereocenters. The standard InChI is InChI=1S/C15H11BrFNOS/c1-2-20-15-5-3-4-14(11(15)9-18)19-10-6-7-12(16)13(17)8-10/h3-8H,2H2,1H3. The molecule has 0 aliphatic heterocycles. The Morgan fingerprint density at radius 2 is 2.15 bits per heavy atom. The number of thioether (sulfide) groups is 1. The number of nitrogens with zero attached hydrogens (tertiary/aromatic N) is 1. The SMILES string of the molecule is CCSc1cccc(Oc2ccc(Br)c(F)c2)c1C#N. The number of nitriles is 1. The summed E-state index contributed by atoms with van der Waals surface area (Å²) in [6.45, 7) is 2.02. The molecule has 0 aliphatic rings. The molecule has 0 radical (unpaired) electrons. The lowest BCUT2D eigenvalue weighted by Crippen LogP contribution is -1.91. The van der Waals surface area contributed by atoms with Gasteiger partial charge in [0.15, 0.2) is 0 Å². The van der Waals surface area contributed by atoms with Crippen LogP contribution in [-0.2, 0) is 0 Å². The Morgan fingerprint density at radius 3 is 2.80 bits per heavy atom. The normalized spacial score (nSPS) is 10.1. The third-order valence-electron chi connectivity index (χ3n) is 2.52. The van der Waals surface area contributed by atoms with Gasteiger partial charge in [0.25, 0.3) is 0 Å². The fourth-order valence-corrected chi connectivity index (χ4v) is 2.67. The second kappa shape index (κ2) is 6.78. The van der Waals surface area contributed by atoms with E-state index < -0.39 is 5.82 Å². The Balaban J connectivity index is 2.35. The highest BCUT2D eigenvalue weighted by molar-refractivity contribution is 9.10. The monoisotopic (exact) mass is 351 g/mol. The smallest absolute Gasteiger partial charge is 0.146 e. The molecule has 0 saturated carbocycles. The molecule has 0 fully saturated rings. The molecule has 0 saturated heterocycles. The van der Waals surface area contributed by atoms with Crippen LogP contribution >= 0.6 is 27.7 Å². The molecule has 2 rings (SSSR count). The average molecular weight is 352 g/mol. The van der Waals surface area contributed by atoms with Gasteiger partial charge in [-0.3, -0.25) is 0 Å². The fraction of sp³-hybridized carbons (Fsp3) is 0.133. The minimum absolute atomic E-state index is 0.362. The van der Waals surface area contributed by atoms with Crippen molar-refractivity contribution in [1.29, 1.82) is 5.26 Å². The summed E-state index contributed by atoms with van der Waals surface area (Å²) in [5.41, 5.74) is 0.475. The number of hydrogen-bond donors (Lipinski definition) is 0. The van der Waals surface area contributed by atoms with Crippen LogP contribution in [0.15, 0.2) is 45.8 Å². The predicted molar refractivity (Wildman–Crippen MR) is 81.7 cm³/mol. The fourth-order valence-electron chi connectivity index (χ4n) is 1.65. The summed E-state index contributed by atoms with van der Waals surface area (Å²) < 4.78 is 19.5. The minimum Gasteiger partial charge on any atom is -0.456 e. The van der Waals surface area contributed by atoms with Crippen molar-refractivity contribution in [2.24, 2.45) is 0 Å². The summed E-state index contributed by atoms with van der Waals surface area (Å²) in [6, 6.07) is 12.1. The van der Waals surface area contributed by atoms with Crippen molar-refractivity contribution in [3.05, 3.63) is 52.3 Å². The Hall–Kier alpha value is -1.51. The van der Waals surface area contributed by atoms with Crippen molar-refractivity contribution < 1.29 is 9.13 Å². The molecule has 0 heterocycles. The zero-order valence-corrected chi connectivity index (χ0v) is 13.1. The van der Waals surface area contributed by atoms with Gasteiger partial charge < -0.3 is 4.74 Å². The van der Waals surface area contributed by atoms with Gasteiger partial charge in [0.05, 0.1) is 4.47 Å². The topological polar surface area (TPSA) is 33.0 Å². The lowest BCUT2D eigenvalue weighted by atomic mass is 10.2. The Kier molecular flexibility index (Phi) is 5.05. The van der Waals surface area contributed by atoms with Crippen LogP contribution in [0.1, 0.15) is 12.5 Å². The number of hydrogen-bond acceptors (Lipinski definition) is 3. The predicted octanol–water partition coefficient (Wildman–Crippen LogP) is 5.36. The molecule has 0 aliphatic carbocycles. The maximum absolute atomic E-state index is 13.5. The molecule has 102 valence electrons. The van der Waals surface area contributed by atoms with E-state index in [2.05, 4.69) is 22.0 Å². The maximum Gasteiger partial charge on any atom is 0.146 e. The van der Waals surface area contributed by atoms with E-state index in [0.29, 0.717) is 21.5 Å². The van der Waals surface area contributed by atoms with Crippen LogP contribution < -0.4 is 4.74 Å². The second-order valence-corrected chi connectivity index (χ2v) is 6.01. The van der Waals surface area contributed by atoms with Crippen molar-refractivity contribution in [2.75, 3.05) is 5.75 Å². The van der Waals surface area contributed by atoms with Crippen LogP contribution in [0, 0.1) is 17.1 Å². The number of rotatable bonds is 4. The molecule has 5 heteroatoms. The maximum atomic E-state index is 13.5. The van der Waals surface area contributed by atoms with Gasteiger partial charge >= 0.3 is 0 Å². The Labute approximate surface area is 129 Å². The molecule has 2 aromatic rings. The lowest BCUT2D eigenvalue weighted by molar-refractivity contribution is 0.473. The molecular formula is C15H11BrFNOS. The van der Waals surface area contributed by atoms with Crippen molar-refractivity contribution in [3.8, 4) is 17.6 Å². The first-order valence-electron chi connectivity index (χ1n) is 5.94. The van der Waals surface area contributed by atoms with E-state index in [-0.39, 0.29) is 0 Å². The average Bonchev–Trinajstić information content (AvgIpc) is 2.44. The highest BCUT2D eigenvalue weighted by Gasteiger charge is 2.11. The number of halogens is 2. The highest BCUT2D eigenvalue weighted by atomic mass is 79.9. The second-order valence-electron chi connectivity index (χ2n) is 3.85. The zero-order valence-electron chi connectivity index (χ0n) is 10.7.